The highest BCUT2D eigenvalue weighted by Gasteiger charge is 2.50. The van der Waals surface area contributed by atoms with E-state index in [4.69, 9.17) is 18.9 Å². The lowest BCUT2D eigenvalue weighted by Crippen LogP contribution is -2.44. The Kier molecular flexibility index (Phi) is 12.5. The molecule has 0 unspecified atom stereocenters. The van der Waals surface area contributed by atoms with Crippen LogP contribution in [0.15, 0.2) is 41.2 Å². The molecule has 0 spiro atoms. The van der Waals surface area contributed by atoms with Crippen LogP contribution in [0.3, 0.4) is 0 Å². The normalized spacial score (nSPS) is 33.3. The third kappa shape index (κ3) is 7.89. The average molecular weight is 768 g/mol. The van der Waals surface area contributed by atoms with Gasteiger partial charge in [0.1, 0.15) is 17.2 Å². The number of nitrogens with one attached hydrogen (secondary N) is 1. The maximum atomic E-state index is 14.3. The van der Waals surface area contributed by atoms with Crippen molar-refractivity contribution in [1.82, 2.24) is 5.01 Å². The number of rotatable bonds is 3. The number of morpholine rings is 1. The van der Waals surface area contributed by atoms with Crippen LogP contribution in [0, 0.1) is 30.6 Å². The molecule has 7 N–H and O–H groups in total. The standard InChI is InChI=1S/C40H53N3O12/c1-19-10-9-11-20(2)39(51)42-30-25(18-41-43-13-16-53-17-14-43)35(48)27-28(36(30)49)34(47)24(6)37-29(27)38(50)40(7,55-37)54-15-12-26(52-8)21(3)32(45)23(5)33(46)22(4)31(19)44/h9-12,15,18-19,21-23,26,31-33,44-49H,13-14,16-17H2,1-8H3,(H,42,51)/b10-9+,15-12+,20-11-,41-18+/t19-,21-,22-,23+,26+,31+,32-,33-,40+/m1/s1. The number of carbonyl (C=O) groups is 2. The molecule has 4 aliphatic heterocycles. The molecule has 55 heavy (non-hydrogen) atoms. The molecule has 15 heteroatoms. The summed E-state index contributed by atoms with van der Waals surface area (Å²) in [4.78, 5) is 27.9. The summed E-state index contributed by atoms with van der Waals surface area (Å²) in [6, 6.07) is 0. The van der Waals surface area contributed by atoms with E-state index in [0.717, 1.165) is 0 Å². The number of phenols is 3. The molecule has 6 rings (SSSR count). The summed E-state index contributed by atoms with van der Waals surface area (Å²) in [6.07, 6.45) is 4.70. The molecule has 4 aliphatic rings. The first-order chi connectivity index (χ1) is 25.9. The fourth-order valence-electron chi connectivity index (χ4n) is 7.29. The summed E-state index contributed by atoms with van der Waals surface area (Å²) in [5.41, 5.74) is -0.366. The molecule has 1 fully saturated rings. The minimum Gasteiger partial charge on any atom is -0.507 e. The van der Waals surface area contributed by atoms with Gasteiger partial charge in [-0.05, 0) is 19.9 Å². The lowest BCUT2D eigenvalue weighted by molar-refractivity contribution is -0.112. The number of ketones is 1. The van der Waals surface area contributed by atoms with Crippen LogP contribution in [0.2, 0.25) is 0 Å². The van der Waals surface area contributed by atoms with Gasteiger partial charge in [0, 0.05) is 54.2 Å². The number of hydrogen-bond acceptors (Lipinski definition) is 14. The number of aromatic hydroxyl groups is 3. The number of Topliss-reactive ketones (excluding diaryl/α,β-unsaturated/α-hetero) is 1. The Morgan fingerprint density at radius 1 is 0.909 bits per heavy atom. The Labute approximate surface area is 320 Å². The Morgan fingerprint density at radius 2 is 1.55 bits per heavy atom. The Morgan fingerprint density at radius 3 is 2.20 bits per heavy atom. The van der Waals surface area contributed by atoms with Crippen molar-refractivity contribution < 1.29 is 59.2 Å². The van der Waals surface area contributed by atoms with Crippen LogP contribution in [0.25, 0.3) is 10.8 Å². The van der Waals surface area contributed by atoms with Gasteiger partial charge in [-0.1, -0.05) is 45.9 Å². The molecule has 1 saturated heterocycles. The number of anilines is 1. The van der Waals surface area contributed by atoms with Crippen LogP contribution in [0.4, 0.5) is 5.69 Å². The monoisotopic (exact) mass is 767 g/mol. The van der Waals surface area contributed by atoms with Crippen LogP contribution in [0.1, 0.15) is 63.0 Å². The summed E-state index contributed by atoms with van der Waals surface area (Å²) in [6.45, 7) is 12.9. The van der Waals surface area contributed by atoms with E-state index >= 15 is 0 Å². The highest BCUT2D eigenvalue weighted by Crippen LogP contribution is 2.55. The van der Waals surface area contributed by atoms with Crippen LogP contribution >= 0.6 is 0 Å². The summed E-state index contributed by atoms with van der Waals surface area (Å²) in [5, 5.41) is 77.2. The number of phenolic OH excluding ortho intramolecular Hbond substituents is 3. The van der Waals surface area contributed by atoms with Crippen molar-refractivity contribution in [3.8, 4) is 23.0 Å². The fraction of sp³-hybridized carbons (Fsp3) is 0.525. The highest BCUT2D eigenvalue weighted by molar-refractivity contribution is 6.23. The second-order valence-corrected chi connectivity index (χ2v) is 14.8. The third-order valence-electron chi connectivity index (χ3n) is 11.1. The van der Waals surface area contributed by atoms with Crippen molar-refractivity contribution in [2.45, 2.75) is 78.7 Å². The molecule has 0 aliphatic carbocycles. The van der Waals surface area contributed by atoms with E-state index < -0.39 is 82.8 Å². The van der Waals surface area contributed by atoms with Gasteiger partial charge in [0.05, 0.1) is 85.4 Å². The van der Waals surface area contributed by atoms with Gasteiger partial charge in [0.25, 0.3) is 11.7 Å². The zero-order valence-corrected chi connectivity index (χ0v) is 32.4. The average Bonchev–Trinajstić information content (AvgIpc) is 3.44. The number of benzene rings is 2. The molecular weight excluding hydrogens is 714 g/mol. The van der Waals surface area contributed by atoms with E-state index in [9.17, 15) is 40.2 Å². The van der Waals surface area contributed by atoms with Crippen LogP contribution in [-0.2, 0) is 19.0 Å². The van der Waals surface area contributed by atoms with E-state index in [1.54, 1.807) is 44.9 Å². The number of ether oxygens (including phenoxy) is 4. The lowest BCUT2D eigenvalue weighted by Gasteiger charge is -2.36. The van der Waals surface area contributed by atoms with E-state index in [-0.39, 0.29) is 44.5 Å². The number of amides is 1. The molecular formula is C40H53N3O12. The number of nitrogens with zero attached hydrogens (tertiary/aromatic N) is 2. The molecule has 300 valence electrons. The van der Waals surface area contributed by atoms with Gasteiger partial charge in [0.15, 0.2) is 5.75 Å². The predicted molar refractivity (Wildman–Crippen MR) is 204 cm³/mol. The van der Waals surface area contributed by atoms with E-state index in [0.29, 0.717) is 26.3 Å². The van der Waals surface area contributed by atoms with Crippen molar-refractivity contribution in [3.05, 3.63) is 52.8 Å². The summed E-state index contributed by atoms with van der Waals surface area (Å²) < 4.78 is 23.0. The zero-order valence-electron chi connectivity index (χ0n) is 32.4. The first-order valence-electron chi connectivity index (χ1n) is 18.4. The number of fused-ring (bicyclic) bond motifs is 14. The molecule has 2 aromatic rings. The third-order valence-corrected chi connectivity index (χ3v) is 11.1. The molecule has 9 atom stereocenters. The maximum absolute atomic E-state index is 14.3. The van der Waals surface area contributed by atoms with Crippen LogP contribution in [-0.4, -0.2) is 117 Å². The van der Waals surface area contributed by atoms with Crippen LogP contribution < -0.4 is 10.1 Å². The Balaban J connectivity index is 1.70. The molecule has 0 radical (unpaired) electrons. The molecule has 0 saturated carbocycles. The van der Waals surface area contributed by atoms with Gasteiger partial charge in [-0.2, -0.15) is 5.10 Å². The number of carbonyl (C=O) groups excluding carboxylic acids is 2. The Hall–Kier alpha value is -4.67. The minimum atomic E-state index is -2.02. The molecule has 0 aromatic heterocycles. The smallest absolute Gasteiger partial charge is 0.312 e. The second-order valence-electron chi connectivity index (χ2n) is 14.8. The number of aliphatic hydroxyl groups is 3. The molecule has 1 amide bonds. The Bertz CT molecular complexity index is 1920. The van der Waals surface area contributed by atoms with E-state index in [1.807, 2.05) is 0 Å². The fourth-order valence-corrected chi connectivity index (χ4v) is 7.29. The van der Waals surface area contributed by atoms with Gasteiger partial charge in [0.2, 0.25) is 0 Å². The van der Waals surface area contributed by atoms with Gasteiger partial charge < -0.3 is 54.9 Å². The number of hydrogen-bond donors (Lipinski definition) is 7. The molecule has 15 nitrogen and oxygen atoms in total. The minimum absolute atomic E-state index is 0.0604. The van der Waals surface area contributed by atoms with Crippen molar-refractivity contribution in [1.29, 1.82) is 0 Å². The largest absolute Gasteiger partial charge is 0.507 e. The zero-order chi connectivity index (χ0) is 40.5. The van der Waals surface area contributed by atoms with Gasteiger partial charge in [-0.3, -0.25) is 14.6 Å². The predicted octanol–water partition coefficient (Wildman–Crippen LogP) is 3.85. The SMILES string of the molecule is CO[C@H]1/C=C/O[C@@]2(C)Oc3c(C)c(O)c4c(O)c(c(/C=N/N5CCOCC5)c(O)c4c3C2=O)NC(=O)/C(C)=C\C=C\[C@@H](C)[C@H](O)[C@@H](C)[C@@H](O)[C@@H](C)[C@H](O)[C@@H]1C. The summed E-state index contributed by atoms with van der Waals surface area (Å²) in [5.74, 6) is -7.68. The highest BCUT2D eigenvalue weighted by atomic mass is 16.7. The first-order valence-corrected chi connectivity index (χ1v) is 18.4. The van der Waals surface area contributed by atoms with Crippen LogP contribution in [0.5, 0.6) is 23.0 Å². The van der Waals surface area contributed by atoms with Gasteiger partial charge in [-0.15, -0.1) is 0 Å². The lowest BCUT2D eigenvalue weighted by atomic mass is 9.78. The molecule has 4 heterocycles. The second kappa shape index (κ2) is 16.6. The van der Waals surface area contributed by atoms with E-state index in [1.165, 1.54) is 52.5 Å². The maximum Gasteiger partial charge on any atom is 0.312 e. The topological polar surface area (TPSA) is 220 Å². The number of methoxy groups -OCH3 is 1. The van der Waals surface area contributed by atoms with Crippen molar-refractivity contribution >= 4 is 34.4 Å². The van der Waals surface area contributed by atoms with Crippen molar-refractivity contribution in [2.75, 3.05) is 38.7 Å². The first kappa shape index (κ1) is 41.5. The van der Waals surface area contributed by atoms with E-state index in [2.05, 4.69) is 10.4 Å². The van der Waals surface area contributed by atoms with Crippen molar-refractivity contribution in [2.24, 2.45) is 28.8 Å². The summed E-state index contributed by atoms with van der Waals surface area (Å²) >= 11 is 0. The molecule has 2 aromatic carbocycles. The van der Waals surface area contributed by atoms with Crippen molar-refractivity contribution in [3.63, 3.8) is 0 Å². The van der Waals surface area contributed by atoms with Gasteiger partial charge in [-0.25, -0.2) is 0 Å². The number of hydrazone groups is 1. The van der Waals surface area contributed by atoms with Gasteiger partial charge >= 0.3 is 5.79 Å². The number of aliphatic hydroxyl groups excluding tert-OH is 3. The molecule has 5 bridgehead atoms. The summed E-state index contributed by atoms with van der Waals surface area (Å²) in [7, 11) is 1.43. The number of allylic oxidation sites excluding steroid dienone is 2. The quantitative estimate of drug-likeness (QED) is 0.134.